The van der Waals surface area contributed by atoms with E-state index in [-0.39, 0.29) is 12.5 Å². The molecule has 0 saturated carbocycles. The van der Waals surface area contributed by atoms with E-state index in [1.54, 1.807) is 6.07 Å². The number of benzene rings is 2. The average Bonchev–Trinajstić information content (AvgIpc) is 2.88. The first-order valence-corrected chi connectivity index (χ1v) is 8.22. The Kier molecular flexibility index (Phi) is 4.65. The highest BCUT2D eigenvalue weighted by Gasteiger charge is 2.14. The molecule has 3 aromatic rings. The van der Waals surface area contributed by atoms with Gasteiger partial charge in [-0.1, -0.05) is 32.0 Å². The lowest BCUT2D eigenvalue weighted by Crippen LogP contribution is -2.14. The van der Waals surface area contributed by atoms with E-state index in [9.17, 15) is 9.59 Å². The van der Waals surface area contributed by atoms with E-state index < -0.39 is 0 Å². The third-order valence-corrected chi connectivity index (χ3v) is 4.18. The van der Waals surface area contributed by atoms with Crippen LogP contribution in [0.1, 0.15) is 30.6 Å². The van der Waals surface area contributed by atoms with Crippen LogP contribution >= 0.6 is 0 Å². The normalized spacial score (nSPS) is 11.3. The zero-order chi connectivity index (χ0) is 17.1. The van der Waals surface area contributed by atoms with Gasteiger partial charge in [-0.2, -0.15) is 0 Å². The second-order valence-electron chi connectivity index (χ2n) is 6.40. The predicted molar refractivity (Wildman–Crippen MR) is 95.2 cm³/mol. The number of hydrogen-bond donors (Lipinski definition) is 0. The Morgan fingerprint density at radius 3 is 2.62 bits per heavy atom. The molecule has 0 unspecified atom stereocenters. The standard InChI is InChI=1S/C20H21NO3/c1-14(2)9-10-24-20(23)12-21-18-6-4-3-5-16(18)17-11-15(13-22)7-8-19(17)21/h3-8,11,13-14H,9-10,12H2,1-2H3. The Hall–Kier alpha value is -2.62. The van der Waals surface area contributed by atoms with Gasteiger partial charge in [0.05, 0.1) is 6.61 Å². The zero-order valence-electron chi connectivity index (χ0n) is 14.0. The maximum Gasteiger partial charge on any atom is 0.325 e. The topological polar surface area (TPSA) is 48.3 Å². The Morgan fingerprint density at radius 2 is 1.88 bits per heavy atom. The number of para-hydroxylation sites is 1. The van der Waals surface area contributed by atoms with Gasteiger partial charge in [-0.3, -0.25) is 9.59 Å². The fraction of sp³-hybridized carbons (Fsp3) is 0.300. The SMILES string of the molecule is CC(C)CCOC(=O)Cn1c2ccccc2c2cc(C=O)ccc21. The highest BCUT2D eigenvalue weighted by Crippen LogP contribution is 2.29. The van der Waals surface area contributed by atoms with Gasteiger partial charge in [0.2, 0.25) is 0 Å². The molecular weight excluding hydrogens is 302 g/mol. The number of aromatic nitrogens is 1. The van der Waals surface area contributed by atoms with Crippen molar-refractivity contribution in [3.05, 3.63) is 48.0 Å². The van der Waals surface area contributed by atoms with Gasteiger partial charge in [-0.05, 0) is 36.6 Å². The van der Waals surface area contributed by atoms with Crippen LogP contribution in [-0.2, 0) is 16.1 Å². The molecule has 0 bridgehead atoms. The Balaban J connectivity index is 1.96. The second kappa shape index (κ2) is 6.87. The first-order chi connectivity index (χ1) is 11.6. The molecule has 1 aromatic heterocycles. The van der Waals surface area contributed by atoms with Crippen LogP contribution in [0, 0.1) is 5.92 Å². The van der Waals surface area contributed by atoms with E-state index in [4.69, 9.17) is 4.74 Å². The predicted octanol–water partition coefficient (Wildman–Crippen LogP) is 4.20. The molecule has 0 aliphatic carbocycles. The fourth-order valence-electron chi connectivity index (χ4n) is 2.90. The van der Waals surface area contributed by atoms with Gasteiger partial charge in [0, 0.05) is 27.4 Å². The number of fused-ring (bicyclic) bond motifs is 3. The van der Waals surface area contributed by atoms with Gasteiger partial charge in [0.25, 0.3) is 0 Å². The van der Waals surface area contributed by atoms with Crippen LogP contribution in [0.25, 0.3) is 21.8 Å². The molecule has 3 rings (SSSR count). The Labute approximate surface area is 141 Å². The first-order valence-electron chi connectivity index (χ1n) is 8.22. The van der Waals surface area contributed by atoms with Crippen molar-refractivity contribution in [2.45, 2.75) is 26.8 Å². The molecule has 24 heavy (non-hydrogen) atoms. The number of nitrogens with zero attached hydrogens (tertiary/aromatic N) is 1. The van der Waals surface area contributed by atoms with Crippen LogP contribution in [0.15, 0.2) is 42.5 Å². The van der Waals surface area contributed by atoms with Crippen molar-refractivity contribution in [1.82, 2.24) is 4.57 Å². The molecule has 0 saturated heterocycles. The molecule has 0 aliphatic rings. The van der Waals surface area contributed by atoms with Crippen LogP contribution in [0.5, 0.6) is 0 Å². The third-order valence-electron chi connectivity index (χ3n) is 4.18. The first kappa shape index (κ1) is 16.2. The molecule has 0 amide bonds. The summed E-state index contributed by atoms with van der Waals surface area (Å²) in [5, 5.41) is 2.01. The molecule has 0 aliphatic heterocycles. The van der Waals surface area contributed by atoms with Gasteiger partial charge in [0.1, 0.15) is 12.8 Å². The summed E-state index contributed by atoms with van der Waals surface area (Å²) in [4.78, 5) is 23.3. The number of carbonyl (C=O) groups is 2. The molecule has 4 heteroatoms. The van der Waals surface area contributed by atoms with E-state index in [0.717, 1.165) is 34.5 Å². The molecule has 0 N–H and O–H groups in total. The zero-order valence-corrected chi connectivity index (χ0v) is 14.0. The fourth-order valence-corrected chi connectivity index (χ4v) is 2.90. The highest BCUT2D eigenvalue weighted by molar-refractivity contribution is 6.09. The lowest BCUT2D eigenvalue weighted by molar-refractivity contribution is -0.144. The summed E-state index contributed by atoms with van der Waals surface area (Å²) in [6, 6.07) is 13.4. The minimum atomic E-state index is -0.238. The highest BCUT2D eigenvalue weighted by atomic mass is 16.5. The van der Waals surface area contributed by atoms with E-state index in [1.165, 1.54) is 0 Å². The van der Waals surface area contributed by atoms with Crippen LogP contribution in [0.4, 0.5) is 0 Å². The van der Waals surface area contributed by atoms with Gasteiger partial charge in [0.15, 0.2) is 0 Å². The minimum Gasteiger partial charge on any atom is -0.464 e. The summed E-state index contributed by atoms with van der Waals surface area (Å²) in [6.07, 6.45) is 1.70. The Bertz CT molecular complexity index is 892. The molecule has 2 aromatic carbocycles. The lowest BCUT2D eigenvalue weighted by Gasteiger charge is -2.09. The number of ether oxygens (including phenoxy) is 1. The van der Waals surface area contributed by atoms with Crippen molar-refractivity contribution in [2.75, 3.05) is 6.61 Å². The van der Waals surface area contributed by atoms with Crippen molar-refractivity contribution < 1.29 is 14.3 Å². The van der Waals surface area contributed by atoms with Crippen molar-refractivity contribution in [3.8, 4) is 0 Å². The van der Waals surface area contributed by atoms with E-state index in [1.807, 2.05) is 41.0 Å². The summed E-state index contributed by atoms with van der Waals surface area (Å²) in [7, 11) is 0. The summed E-state index contributed by atoms with van der Waals surface area (Å²) < 4.78 is 7.31. The van der Waals surface area contributed by atoms with Crippen LogP contribution in [-0.4, -0.2) is 23.4 Å². The van der Waals surface area contributed by atoms with Gasteiger partial charge in [-0.15, -0.1) is 0 Å². The smallest absolute Gasteiger partial charge is 0.325 e. The largest absolute Gasteiger partial charge is 0.464 e. The maximum atomic E-state index is 12.2. The minimum absolute atomic E-state index is 0.169. The van der Waals surface area contributed by atoms with Crippen LogP contribution in [0.2, 0.25) is 0 Å². The van der Waals surface area contributed by atoms with Gasteiger partial charge < -0.3 is 9.30 Å². The number of carbonyl (C=O) groups excluding carboxylic acids is 2. The summed E-state index contributed by atoms with van der Waals surface area (Å²) in [6.45, 7) is 4.82. The second-order valence-corrected chi connectivity index (χ2v) is 6.40. The van der Waals surface area contributed by atoms with Crippen molar-refractivity contribution >= 4 is 34.1 Å². The summed E-state index contributed by atoms with van der Waals surface area (Å²) in [5.74, 6) is 0.269. The summed E-state index contributed by atoms with van der Waals surface area (Å²) >= 11 is 0. The molecule has 0 atom stereocenters. The number of hydrogen-bond acceptors (Lipinski definition) is 3. The third kappa shape index (κ3) is 3.18. The molecule has 4 nitrogen and oxygen atoms in total. The van der Waals surface area contributed by atoms with E-state index in [0.29, 0.717) is 18.1 Å². The molecular formula is C20H21NO3. The number of rotatable bonds is 6. The quantitative estimate of drug-likeness (QED) is 0.504. The van der Waals surface area contributed by atoms with Gasteiger partial charge in [-0.25, -0.2) is 0 Å². The van der Waals surface area contributed by atoms with Crippen molar-refractivity contribution in [2.24, 2.45) is 5.92 Å². The lowest BCUT2D eigenvalue weighted by atomic mass is 10.1. The number of esters is 1. The van der Waals surface area contributed by atoms with Gasteiger partial charge >= 0.3 is 5.97 Å². The Morgan fingerprint density at radius 1 is 1.12 bits per heavy atom. The molecule has 124 valence electrons. The summed E-state index contributed by atoms with van der Waals surface area (Å²) in [5.41, 5.74) is 2.53. The van der Waals surface area contributed by atoms with Crippen LogP contribution in [0.3, 0.4) is 0 Å². The monoisotopic (exact) mass is 323 g/mol. The van der Waals surface area contributed by atoms with E-state index in [2.05, 4.69) is 13.8 Å². The molecule has 0 fully saturated rings. The van der Waals surface area contributed by atoms with Crippen molar-refractivity contribution in [1.29, 1.82) is 0 Å². The molecule has 0 radical (unpaired) electrons. The van der Waals surface area contributed by atoms with E-state index >= 15 is 0 Å². The van der Waals surface area contributed by atoms with Crippen molar-refractivity contribution in [3.63, 3.8) is 0 Å². The molecule has 0 spiro atoms. The maximum absolute atomic E-state index is 12.2. The number of aldehydes is 1. The molecule has 1 heterocycles. The average molecular weight is 323 g/mol. The van der Waals surface area contributed by atoms with Crippen LogP contribution < -0.4 is 0 Å².